The van der Waals surface area contributed by atoms with Gasteiger partial charge in [0.15, 0.2) is 0 Å². The molecule has 88 valence electrons. The minimum absolute atomic E-state index is 0.265. The number of carboxylic acids is 1. The molecule has 0 aromatic rings. The van der Waals surface area contributed by atoms with Crippen LogP contribution in [-0.2, 0) is 14.6 Å². The van der Waals surface area contributed by atoms with Crippen molar-refractivity contribution >= 4 is 15.8 Å². The summed E-state index contributed by atoms with van der Waals surface area (Å²) >= 11 is 0. The predicted molar refractivity (Wildman–Crippen MR) is 56.5 cm³/mol. The van der Waals surface area contributed by atoms with Crippen LogP contribution in [-0.4, -0.2) is 56.0 Å². The molecule has 6 heteroatoms. The van der Waals surface area contributed by atoms with Gasteiger partial charge in [-0.1, -0.05) is 0 Å². The maximum absolute atomic E-state index is 11.0. The fraction of sp³-hybridized carbons (Fsp3) is 0.889. The Kier molecular flexibility index (Phi) is 4.10. The molecule has 0 saturated carbocycles. The fourth-order valence-corrected chi connectivity index (χ4v) is 2.82. The Morgan fingerprint density at radius 2 is 1.93 bits per heavy atom. The van der Waals surface area contributed by atoms with Crippen molar-refractivity contribution in [1.82, 2.24) is 4.90 Å². The molecule has 1 heterocycles. The molecule has 0 aliphatic carbocycles. The lowest BCUT2D eigenvalue weighted by Gasteiger charge is -2.19. The lowest BCUT2D eigenvalue weighted by atomic mass is 10.2. The summed E-state index contributed by atoms with van der Waals surface area (Å²) in [6.45, 7) is 2.11. The van der Waals surface area contributed by atoms with Gasteiger partial charge in [-0.2, -0.15) is 0 Å². The molecule has 1 atom stereocenters. The summed E-state index contributed by atoms with van der Waals surface area (Å²) in [5.41, 5.74) is 0. The largest absolute Gasteiger partial charge is 0.481 e. The van der Waals surface area contributed by atoms with Gasteiger partial charge >= 0.3 is 5.97 Å². The van der Waals surface area contributed by atoms with Gasteiger partial charge in [-0.15, -0.1) is 0 Å². The number of sulfone groups is 1. The van der Waals surface area contributed by atoms with Crippen molar-refractivity contribution in [3.63, 3.8) is 0 Å². The Bertz CT molecular complexity index is 319. The Hall–Kier alpha value is -0.620. The highest BCUT2D eigenvalue weighted by atomic mass is 32.2. The van der Waals surface area contributed by atoms with Crippen molar-refractivity contribution in [3.8, 4) is 0 Å². The van der Waals surface area contributed by atoms with Crippen LogP contribution in [0.2, 0.25) is 0 Å². The summed E-state index contributed by atoms with van der Waals surface area (Å²) in [7, 11) is -3.22. The third-order valence-electron chi connectivity index (χ3n) is 2.53. The average Bonchev–Trinajstić information content (AvgIpc) is 2.52. The molecular weight excluding hydrogens is 218 g/mol. The minimum atomic E-state index is -3.22. The third-order valence-corrected chi connectivity index (χ3v) is 3.54. The van der Waals surface area contributed by atoms with Gasteiger partial charge in [-0.3, -0.25) is 4.79 Å². The molecule has 0 amide bonds. The first-order chi connectivity index (χ1) is 6.88. The summed E-state index contributed by atoms with van der Waals surface area (Å²) in [5.74, 6) is -2.08. The first kappa shape index (κ1) is 12.4. The van der Waals surface area contributed by atoms with Crippen LogP contribution in [0.1, 0.15) is 12.8 Å². The van der Waals surface area contributed by atoms with Crippen LogP contribution >= 0.6 is 0 Å². The van der Waals surface area contributed by atoms with E-state index in [4.69, 9.17) is 5.11 Å². The van der Waals surface area contributed by atoms with Crippen molar-refractivity contribution in [3.05, 3.63) is 0 Å². The lowest BCUT2D eigenvalue weighted by molar-refractivity contribution is -0.141. The molecule has 1 aliphatic rings. The molecule has 5 nitrogen and oxygen atoms in total. The van der Waals surface area contributed by atoms with Crippen LogP contribution in [0.15, 0.2) is 0 Å². The van der Waals surface area contributed by atoms with Gasteiger partial charge in [-0.25, -0.2) is 8.42 Å². The molecular formula is C9H17NO4S. The van der Waals surface area contributed by atoms with E-state index in [1.165, 1.54) is 0 Å². The van der Waals surface area contributed by atoms with E-state index in [9.17, 15) is 13.2 Å². The van der Waals surface area contributed by atoms with Crippen LogP contribution in [0.3, 0.4) is 0 Å². The zero-order valence-corrected chi connectivity index (χ0v) is 9.66. The van der Waals surface area contributed by atoms with Crippen LogP contribution in [0, 0.1) is 5.92 Å². The third kappa shape index (κ3) is 4.61. The molecule has 1 saturated heterocycles. The average molecular weight is 235 g/mol. The van der Waals surface area contributed by atoms with Gasteiger partial charge < -0.3 is 10.0 Å². The fourth-order valence-electron chi connectivity index (χ4n) is 1.84. The maximum atomic E-state index is 11.0. The Labute approximate surface area is 90.0 Å². The molecule has 0 aromatic heterocycles. The number of likely N-dealkylation sites (tertiary alicyclic amines) is 1. The first-order valence-electron chi connectivity index (χ1n) is 5.01. The van der Waals surface area contributed by atoms with Crippen LogP contribution in [0.4, 0.5) is 0 Å². The van der Waals surface area contributed by atoms with E-state index in [2.05, 4.69) is 0 Å². The Balaban J connectivity index is 2.54. The van der Waals surface area contributed by atoms with E-state index in [0.717, 1.165) is 32.2 Å². The highest BCUT2D eigenvalue weighted by Crippen LogP contribution is 2.12. The molecule has 1 fully saturated rings. The normalized spacial score (nSPS) is 20.3. The number of hydrogen-bond acceptors (Lipinski definition) is 4. The van der Waals surface area contributed by atoms with Gasteiger partial charge in [0.05, 0.1) is 11.7 Å². The number of nitrogens with zero attached hydrogens (tertiary/aromatic N) is 1. The molecule has 0 spiro atoms. The Morgan fingerprint density at radius 1 is 1.40 bits per heavy atom. The Morgan fingerprint density at radius 3 is 2.33 bits per heavy atom. The molecule has 1 unspecified atom stereocenters. The number of rotatable bonds is 5. The van der Waals surface area contributed by atoms with Gasteiger partial charge in [-0.05, 0) is 25.9 Å². The van der Waals surface area contributed by atoms with Crippen molar-refractivity contribution in [2.45, 2.75) is 12.8 Å². The second kappa shape index (κ2) is 4.94. The van der Waals surface area contributed by atoms with Crippen LogP contribution in [0.5, 0.6) is 0 Å². The van der Waals surface area contributed by atoms with E-state index in [0.29, 0.717) is 6.54 Å². The standard InChI is InChI=1S/C9H17NO4S/c1-15(13,14)7-8(9(11)12)6-10-4-2-3-5-10/h8H,2-7H2,1H3,(H,11,12). The van der Waals surface area contributed by atoms with Crippen LogP contribution in [0.25, 0.3) is 0 Å². The number of carboxylic acid groups (broad SMARTS) is 1. The highest BCUT2D eigenvalue weighted by Gasteiger charge is 2.26. The zero-order chi connectivity index (χ0) is 11.5. The quantitative estimate of drug-likeness (QED) is 0.716. The number of aliphatic carboxylic acids is 1. The summed E-state index contributed by atoms with van der Waals surface area (Å²) in [4.78, 5) is 12.9. The molecule has 0 radical (unpaired) electrons. The molecule has 15 heavy (non-hydrogen) atoms. The minimum Gasteiger partial charge on any atom is -0.481 e. The second-order valence-corrected chi connectivity index (χ2v) is 6.32. The van der Waals surface area contributed by atoms with E-state index in [1.807, 2.05) is 4.90 Å². The van der Waals surface area contributed by atoms with Crippen molar-refractivity contribution in [2.24, 2.45) is 5.92 Å². The monoisotopic (exact) mass is 235 g/mol. The maximum Gasteiger partial charge on any atom is 0.308 e. The SMILES string of the molecule is CS(=O)(=O)CC(CN1CCCC1)C(=O)O. The summed E-state index contributed by atoms with van der Waals surface area (Å²) in [6, 6.07) is 0. The summed E-state index contributed by atoms with van der Waals surface area (Å²) < 4.78 is 22.1. The summed E-state index contributed by atoms with van der Waals surface area (Å²) in [6.07, 6.45) is 3.23. The molecule has 1 N–H and O–H groups in total. The van der Waals surface area contributed by atoms with Crippen molar-refractivity contribution < 1.29 is 18.3 Å². The number of hydrogen-bond donors (Lipinski definition) is 1. The zero-order valence-electron chi connectivity index (χ0n) is 8.85. The predicted octanol–water partition coefficient (Wildman–Crippen LogP) is -0.172. The number of carbonyl (C=O) groups is 1. The van der Waals surface area contributed by atoms with Gasteiger partial charge in [0.25, 0.3) is 0 Å². The molecule has 0 bridgehead atoms. The van der Waals surface area contributed by atoms with Crippen molar-refractivity contribution in [1.29, 1.82) is 0 Å². The topological polar surface area (TPSA) is 74.7 Å². The van der Waals surface area contributed by atoms with Gasteiger partial charge in [0.1, 0.15) is 9.84 Å². The molecule has 1 aliphatic heterocycles. The smallest absolute Gasteiger partial charge is 0.308 e. The van der Waals surface area contributed by atoms with E-state index in [-0.39, 0.29) is 5.75 Å². The highest BCUT2D eigenvalue weighted by molar-refractivity contribution is 7.90. The second-order valence-electron chi connectivity index (χ2n) is 4.14. The van der Waals surface area contributed by atoms with E-state index < -0.39 is 21.7 Å². The van der Waals surface area contributed by atoms with Crippen molar-refractivity contribution in [2.75, 3.05) is 31.6 Å². The van der Waals surface area contributed by atoms with Crippen LogP contribution < -0.4 is 0 Å². The summed E-state index contributed by atoms with van der Waals surface area (Å²) in [5, 5.41) is 8.91. The van der Waals surface area contributed by atoms with Gasteiger partial charge in [0.2, 0.25) is 0 Å². The lowest BCUT2D eigenvalue weighted by Crippen LogP contribution is -2.35. The molecule has 0 aromatic carbocycles. The first-order valence-corrected chi connectivity index (χ1v) is 7.07. The van der Waals surface area contributed by atoms with Gasteiger partial charge in [0, 0.05) is 12.8 Å². The molecule has 1 rings (SSSR count). The van der Waals surface area contributed by atoms with E-state index in [1.54, 1.807) is 0 Å². The van der Waals surface area contributed by atoms with E-state index >= 15 is 0 Å².